The number of piperazine rings is 1. The van der Waals surface area contributed by atoms with Crippen LogP contribution in [-0.4, -0.2) is 47.5 Å². The smallest absolute Gasteiger partial charge is 0.257 e. The van der Waals surface area contributed by atoms with E-state index in [1.54, 1.807) is 0 Å². The Kier molecular flexibility index (Phi) is 5.30. The third-order valence-corrected chi connectivity index (χ3v) is 6.19. The Morgan fingerprint density at radius 3 is 2.48 bits per heavy atom. The zero-order chi connectivity index (χ0) is 23.2. The Morgan fingerprint density at radius 2 is 1.79 bits per heavy atom. The summed E-state index contributed by atoms with van der Waals surface area (Å²) >= 11 is 0. The number of aromatic nitrogens is 2. The summed E-state index contributed by atoms with van der Waals surface area (Å²) in [6.07, 6.45) is 0. The summed E-state index contributed by atoms with van der Waals surface area (Å²) in [7, 11) is 2.10. The lowest BCUT2D eigenvalue weighted by Crippen LogP contribution is -2.55. The van der Waals surface area contributed by atoms with Crippen molar-refractivity contribution in [1.82, 2.24) is 25.5 Å². The van der Waals surface area contributed by atoms with E-state index in [4.69, 9.17) is 0 Å². The van der Waals surface area contributed by atoms with Crippen LogP contribution in [-0.2, 0) is 12.1 Å². The van der Waals surface area contributed by atoms with Gasteiger partial charge in [-0.3, -0.25) is 4.79 Å². The van der Waals surface area contributed by atoms with Crippen molar-refractivity contribution < 1.29 is 13.6 Å². The minimum atomic E-state index is -0.763. The normalized spacial score (nSPS) is 20.4. The number of halogens is 2. The molecule has 2 aliphatic rings. The molecule has 3 heterocycles. The standard InChI is InChI=1S/C24H24F2N6O/c1-24(13-32(2)11-10-28-24)14-6-8-15(9-7-14)29-22-20-18(12-27-23(20)33)30-21(31-22)19-16(25)4-3-5-17(19)26/h3-9,28H,10-13H2,1-2H3,(H,27,33)(H,29,30,31). The Morgan fingerprint density at radius 1 is 1.06 bits per heavy atom. The number of carbonyl (C=O) groups is 1. The number of nitrogens with one attached hydrogen (secondary N) is 3. The van der Waals surface area contributed by atoms with Crippen LogP contribution in [0.5, 0.6) is 0 Å². The highest BCUT2D eigenvalue weighted by Crippen LogP contribution is 2.31. The molecule has 5 rings (SSSR count). The maximum atomic E-state index is 14.4. The zero-order valence-electron chi connectivity index (χ0n) is 18.4. The molecular formula is C24H24F2N6O. The second kappa shape index (κ2) is 8.17. The molecule has 1 amide bonds. The van der Waals surface area contributed by atoms with Gasteiger partial charge in [0.1, 0.15) is 23.0 Å². The highest BCUT2D eigenvalue weighted by Gasteiger charge is 2.31. The molecule has 9 heteroatoms. The number of amides is 1. The van der Waals surface area contributed by atoms with Gasteiger partial charge in [0.2, 0.25) is 0 Å². The van der Waals surface area contributed by atoms with Crippen LogP contribution < -0.4 is 16.0 Å². The van der Waals surface area contributed by atoms with E-state index in [1.165, 1.54) is 6.07 Å². The van der Waals surface area contributed by atoms with Gasteiger partial charge in [0.25, 0.3) is 5.91 Å². The van der Waals surface area contributed by atoms with Gasteiger partial charge < -0.3 is 20.9 Å². The van der Waals surface area contributed by atoms with Crippen LogP contribution in [0.2, 0.25) is 0 Å². The summed E-state index contributed by atoms with van der Waals surface area (Å²) in [4.78, 5) is 23.3. The van der Waals surface area contributed by atoms with Crippen LogP contribution in [0.3, 0.4) is 0 Å². The molecule has 0 saturated carbocycles. The third kappa shape index (κ3) is 3.94. The van der Waals surface area contributed by atoms with Crippen LogP contribution >= 0.6 is 0 Å². The molecule has 0 bridgehead atoms. The molecule has 1 aromatic heterocycles. The highest BCUT2D eigenvalue weighted by atomic mass is 19.1. The molecule has 1 atom stereocenters. The molecular weight excluding hydrogens is 426 g/mol. The lowest BCUT2D eigenvalue weighted by Gasteiger charge is -2.40. The van der Waals surface area contributed by atoms with Crippen LogP contribution in [0.1, 0.15) is 28.5 Å². The summed E-state index contributed by atoms with van der Waals surface area (Å²) in [6.45, 7) is 5.13. The van der Waals surface area contributed by atoms with Crippen LogP contribution in [0.25, 0.3) is 11.4 Å². The van der Waals surface area contributed by atoms with Crippen molar-refractivity contribution in [2.24, 2.45) is 0 Å². The zero-order valence-corrected chi connectivity index (χ0v) is 18.4. The third-order valence-electron chi connectivity index (χ3n) is 6.19. The largest absolute Gasteiger partial charge is 0.346 e. The average Bonchev–Trinajstić information content (AvgIpc) is 3.15. The predicted octanol–water partition coefficient (Wildman–Crippen LogP) is 3.16. The summed E-state index contributed by atoms with van der Waals surface area (Å²) in [6, 6.07) is 11.4. The molecule has 7 nitrogen and oxygen atoms in total. The number of anilines is 2. The Balaban J connectivity index is 1.50. The molecule has 170 valence electrons. The fraction of sp³-hybridized carbons (Fsp3) is 0.292. The van der Waals surface area contributed by atoms with Gasteiger partial charge in [0.05, 0.1) is 23.3 Å². The first-order valence-electron chi connectivity index (χ1n) is 10.8. The molecule has 3 N–H and O–H groups in total. The number of fused-ring (bicyclic) bond motifs is 1. The van der Waals surface area contributed by atoms with Gasteiger partial charge in [-0.15, -0.1) is 0 Å². The van der Waals surface area contributed by atoms with E-state index in [2.05, 4.69) is 44.8 Å². The van der Waals surface area contributed by atoms with Gasteiger partial charge in [0.15, 0.2) is 5.82 Å². The second-order valence-corrected chi connectivity index (χ2v) is 8.70. The predicted molar refractivity (Wildman–Crippen MR) is 121 cm³/mol. The van der Waals surface area contributed by atoms with Crippen molar-refractivity contribution in [1.29, 1.82) is 0 Å². The molecule has 3 aromatic rings. The molecule has 0 aliphatic carbocycles. The molecule has 0 radical (unpaired) electrons. The quantitative estimate of drug-likeness (QED) is 0.567. The number of carbonyl (C=O) groups excluding carboxylic acids is 1. The van der Waals surface area contributed by atoms with Gasteiger partial charge >= 0.3 is 0 Å². The van der Waals surface area contributed by atoms with Crippen LogP contribution in [0.4, 0.5) is 20.3 Å². The van der Waals surface area contributed by atoms with E-state index >= 15 is 0 Å². The van der Waals surface area contributed by atoms with Gasteiger partial charge in [-0.25, -0.2) is 18.7 Å². The number of hydrogen-bond donors (Lipinski definition) is 3. The number of nitrogens with zero attached hydrogens (tertiary/aromatic N) is 3. The van der Waals surface area contributed by atoms with E-state index in [0.717, 1.165) is 37.3 Å². The number of likely N-dealkylation sites (N-methyl/N-ethyl adjacent to an activating group) is 1. The maximum absolute atomic E-state index is 14.4. The van der Waals surface area contributed by atoms with Crippen molar-refractivity contribution in [3.05, 3.63) is 70.9 Å². The number of rotatable bonds is 4. The fourth-order valence-electron chi connectivity index (χ4n) is 4.49. The first-order valence-corrected chi connectivity index (χ1v) is 10.8. The van der Waals surface area contributed by atoms with E-state index in [0.29, 0.717) is 11.4 Å². The maximum Gasteiger partial charge on any atom is 0.257 e. The summed E-state index contributed by atoms with van der Waals surface area (Å²) < 4.78 is 28.8. The molecule has 1 unspecified atom stereocenters. The van der Waals surface area contributed by atoms with Crippen molar-refractivity contribution >= 4 is 17.4 Å². The van der Waals surface area contributed by atoms with E-state index in [1.807, 2.05) is 24.3 Å². The molecule has 0 spiro atoms. The minimum absolute atomic E-state index is 0.109. The first kappa shape index (κ1) is 21.4. The monoisotopic (exact) mass is 450 g/mol. The van der Waals surface area contributed by atoms with Crippen molar-refractivity contribution in [2.75, 3.05) is 32.0 Å². The van der Waals surface area contributed by atoms with E-state index in [9.17, 15) is 13.6 Å². The minimum Gasteiger partial charge on any atom is -0.346 e. The number of hydrogen-bond acceptors (Lipinski definition) is 6. The van der Waals surface area contributed by atoms with E-state index < -0.39 is 11.6 Å². The SMILES string of the molecule is CN1CCNC(C)(c2ccc(Nc3nc(-c4c(F)cccc4F)nc4c3C(=O)NC4)cc2)C1. The van der Waals surface area contributed by atoms with Gasteiger partial charge in [-0.1, -0.05) is 18.2 Å². The summed E-state index contributed by atoms with van der Waals surface area (Å²) in [5.41, 5.74) is 2.03. The van der Waals surface area contributed by atoms with Crippen LogP contribution in [0.15, 0.2) is 42.5 Å². The molecule has 1 saturated heterocycles. The Labute approximate surface area is 190 Å². The van der Waals surface area contributed by atoms with Crippen LogP contribution in [0, 0.1) is 11.6 Å². The topological polar surface area (TPSA) is 82.2 Å². The van der Waals surface area contributed by atoms with Crippen molar-refractivity contribution in [3.8, 4) is 11.4 Å². The Bertz CT molecular complexity index is 1210. The molecule has 1 fully saturated rings. The summed E-state index contributed by atoms with van der Waals surface area (Å²) in [5, 5.41) is 9.43. The van der Waals surface area contributed by atoms with Gasteiger partial charge in [0, 0.05) is 25.3 Å². The molecule has 2 aliphatic heterocycles. The first-order chi connectivity index (χ1) is 15.8. The molecule has 2 aromatic carbocycles. The lowest BCUT2D eigenvalue weighted by molar-refractivity contribution is 0.0966. The highest BCUT2D eigenvalue weighted by molar-refractivity contribution is 6.03. The second-order valence-electron chi connectivity index (χ2n) is 8.70. The van der Waals surface area contributed by atoms with Gasteiger partial charge in [-0.2, -0.15) is 0 Å². The van der Waals surface area contributed by atoms with Crippen molar-refractivity contribution in [3.63, 3.8) is 0 Å². The average molecular weight is 450 g/mol. The van der Waals surface area contributed by atoms with E-state index in [-0.39, 0.29) is 40.8 Å². The van der Waals surface area contributed by atoms with Crippen molar-refractivity contribution in [2.45, 2.75) is 19.0 Å². The van der Waals surface area contributed by atoms with Gasteiger partial charge in [-0.05, 0) is 43.8 Å². The number of benzene rings is 2. The molecule has 33 heavy (non-hydrogen) atoms. The Hall–Kier alpha value is -3.43. The lowest BCUT2D eigenvalue weighted by atomic mass is 9.89. The fourth-order valence-corrected chi connectivity index (χ4v) is 4.49. The summed E-state index contributed by atoms with van der Waals surface area (Å²) in [5.74, 6) is -1.75.